The number of para-hydroxylation sites is 1. The van der Waals surface area contributed by atoms with E-state index in [9.17, 15) is 9.59 Å². The van der Waals surface area contributed by atoms with Crippen LogP contribution in [0.1, 0.15) is 63.9 Å². The highest BCUT2D eigenvalue weighted by molar-refractivity contribution is 6.04. The lowest BCUT2D eigenvalue weighted by Crippen LogP contribution is -2.34. The van der Waals surface area contributed by atoms with Gasteiger partial charge in [0, 0.05) is 6.04 Å². The molecule has 5 nitrogen and oxygen atoms in total. The molecule has 2 aromatic carbocycles. The second kappa shape index (κ2) is 9.59. The number of rotatable bonds is 7. The number of hydrogen-bond donors (Lipinski definition) is 2. The Hall–Kier alpha value is -2.82. The zero-order valence-corrected chi connectivity index (χ0v) is 18.2. The molecule has 5 heteroatoms. The average molecular weight is 397 g/mol. The van der Waals surface area contributed by atoms with Crippen molar-refractivity contribution >= 4 is 17.5 Å². The zero-order chi connectivity index (χ0) is 21.6. The van der Waals surface area contributed by atoms with Crippen LogP contribution in [-0.4, -0.2) is 24.0 Å². The van der Waals surface area contributed by atoms with Crippen molar-refractivity contribution in [1.29, 1.82) is 0 Å². The van der Waals surface area contributed by atoms with Gasteiger partial charge in [-0.2, -0.15) is 0 Å². The van der Waals surface area contributed by atoms with Crippen LogP contribution < -0.4 is 15.4 Å². The van der Waals surface area contributed by atoms with E-state index in [-0.39, 0.29) is 23.3 Å². The van der Waals surface area contributed by atoms with Crippen LogP contribution in [-0.2, 0) is 10.2 Å². The summed E-state index contributed by atoms with van der Waals surface area (Å²) in [4.78, 5) is 25.1. The molecule has 0 saturated heterocycles. The Morgan fingerprint density at radius 2 is 1.62 bits per heavy atom. The first kappa shape index (κ1) is 22.5. The summed E-state index contributed by atoms with van der Waals surface area (Å²) in [6, 6.07) is 14.8. The van der Waals surface area contributed by atoms with Gasteiger partial charge < -0.3 is 15.4 Å². The van der Waals surface area contributed by atoms with Gasteiger partial charge in [-0.15, -0.1) is 0 Å². The van der Waals surface area contributed by atoms with Crippen LogP contribution >= 0.6 is 0 Å². The molecule has 0 aliphatic heterocycles. The predicted molar refractivity (Wildman–Crippen MR) is 118 cm³/mol. The molecule has 156 valence electrons. The Morgan fingerprint density at radius 3 is 2.21 bits per heavy atom. The minimum Gasteiger partial charge on any atom is -0.481 e. The molecule has 0 aliphatic carbocycles. The first-order valence-electron chi connectivity index (χ1n) is 10.1. The van der Waals surface area contributed by atoms with Crippen LogP contribution in [0.5, 0.6) is 5.75 Å². The normalized spacial score (nSPS) is 13.3. The average Bonchev–Trinajstić information content (AvgIpc) is 2.67. The van der Waals surface area contributed by atoms with Crippen molar-refractivity contribution in [2.24, 2.45) is 0 Å². The lowest BCUT2D eigenvalue weighted by molar-refractivity contribution is -0.122. The fourth-order valence-corrected chi connectivity index (χ4v) is 2.72. The van der Waals surface area contributed by atoms with Crippen LogP contribution in [0, 0.1) is 0 Å². The minimum absolute atomic E-state index is 0.0566. The molecule has 2 rings (SSSR count). The lowest BCUT2D eigenvalue weighted by Gasteiger charge is -2.20. The maximum absolute atomic E-state index is 12.6. The molecule has 0 radical (unpaired) electrons. The Kier molecular flexibility index (Phi) is 7.43. The van der Waals surface area contributed by atoms with Crippen LogP contribution in [0.2, 0.25) is 0 Å². The molecule has 0 bridgehead atoms. The standard InChI is InChI=1S/C24H32N2O3/c1-7-16(2)25-23(28)20-10-8-9-11-21(20)26-22(27)17(3)29-19-14-12-18(13-15-19)24(4,5)6/h8-17H,7H2,1-6H3,(H,25,28)(H,26,27)/t16-,17+/m1/s1. The molecular weight excluding hydrogens is 364 g/mol. The van der Waals surface area contributed by atoms with Crippen molar-refractivity contribution in [1.82, 2.24) is 5.32 Å². The van der Waals surface area contributed by atoms with Gasteiger partial charge in [0.15, 0.2) is 6.10 Å². The van der Waals surface area contributed by atoms with Crippen LogP contribution in [0.15, 0.2) is 48.5 Å². The van der Waals surface area contributed by atoms with Gasteiger partial charge in [0.1, 0.15) is 5.75 Å². The maximum atomic E-state index is 12.6. The molecular formula is C24H32N2O3. The summed E-state index contributed by atoms with van der Waals surface area (Å²) in [5.74, 6) is 0.110. The summed E-state index contributed by atoms with van der Waals surface area (Å²) in [5.41, 5.74) is 2.16. The lowest BCUT2D eigenvalue weighted by atomic mass is 9.87. The van der Waals surface area contributed by atoms with Gasteiger partial charge in [-0.1, -0.05) is 52.0 Å². The zero-order valence-electron chi connectivity index (χ0n) is 18.2. The Labute approximate surface area is 173 Å². The number of hydrogen-bond acceptors (Lipinski definition) is 3. The molecule has 2 aromatic rings. The van der Waals surface area contributed by atoms with Crippen molar-refractivity contribution in [3.63, 3.8) is 0 Å². The Morgan fingerprint density at radius 1 is 1.00 bits per heavy atom. The molecule has 0 unspecified atom stereocenters. The Bertz CT molecular complexity index is 838. The van der Waals surface area contributed by atoms with Crippen molar-refractivity contribution in [3.05, 3.63) is 59.7 Å². The van der Waals surface area contributed by atoms with Crippen LogP contribution in [0.4, 0.5) is 5.69 Å². The third kappa shape index (κ3) is 6.34. The fraction of sp³-hybridized carbons (Fsp3) is 0.417. The third-order valence-corrected chi connectivity index (χ3v) is 4.82. The van der Waals surface area contributed by atoms with E-state index in [0.717, 1.165) is 6.42 Å². The highest BCUT2D eigenvalue weighted by Crippen LogP contribution is 2.25. The van der Waals surface area contributed by atoms with E-state index in [0.29, 0.717) is 17.0 Å². The van der Waals surface area contributed by atoms with Crippen molar-refractivity contribution in [2.75, 3.05) is 5.32 Å². The molecule has 29 heavy (non-hydrogen) atoms. The van der Waals surface area contributed by atoms with E-state index < -0.39 is 6.10 Å². The summed E-state index contributed by atoms with van der Waals surface area (Å²) in [6.07, 6.45) is 0.125. The van der Waals surface area contributed by atoms with Gasteiger partial charge in [0.25, 0.3) is 11.8 Å². The highest BCUT2D eigenvalue weighted by atomic mass is 16.5. The van der Waals surface area contributed by atoms with E-state index in [2.05, 4.69) is 31.4 Å². The highest BCUT2D eigenvalue weighted by Gasteiger charge is 2.19. The van der Waals surface area contributed by atoms with E-state index in [1.54, 1.807) is 31.2 Å². The number of amides is 2. The number of carbonyl (C=O) groups is 2. The van der Waals surface area contributed by atoms with Gasteiger partial charge in [-0.3, -0.25) is 9.59 Å². The monoisotopic (exact) mass is 396 g/mol. The summed E-state index contributed by atoms with van der Waals surface area (Å²) in [7, 11) is 0. The van der Waals surface area contributed by atoms with E-state index in [4.69, 9.17) is 4.74 Å². The molecule has 0 saturated carbocycles. The molecule has 0 spiro atoms. The maximum Gasteiger partial charge on any atom is 0.265 e. The van der Waals surface area contributed by atoms with Crippen molar-refractivity contribution in [3.8, 4) is 5.75 Å². The molecule has 0 aliphatic rings. The summed E-state index contributed by atoms with van der Waals surface area (Å²) < 4.78 is 5.79. The first-order chi connectivity index (χ1) is 13.6. The summed E-state index contributed by atoms with van der Waals surface area (Å²) in [5, 5.41) is 5.74. The largest absolute Gasteiger partial charge is 0.481 e. The number of ether oxygens (including phenoxy) is 1. The van der Waals surface area contributed by atoms with E-state index in [1.165, 1.54) is 5.56 Å². The fourth-order valence-electron chi connectivity index (χ4n) is 2.72. The topological polar surface area (TPSA) is 67.4 Å². The summed E-state index contributed by atoms with van der Waals surface area (Å²) in [6.45, 7) is 12.1. The number of benzene rings is 2. The Balaban J connectivity index is 2.05. The van der Waals surface area contributed by atoms with Crippen molar-refractivity contribution in [2.45, 2.75) is 65.5 Å². The molecule has 0 heterocycles. The van der Waals surface area contributed by atoms with Crippen molar-refractivity contribution < 1.29 is 14.3 Å². The van der Waals surface area contributed by atoms with Gasteiger partial charge in [0.05, 0.1) is 11.3 Å². The second-order valence-corrected chi connectivity index (χ2v) is 8.35. The third-order valence-electron chi connectivity index (χ3n) is 4.82. The van der Waals surface area contributed by atoms with Crippen LogP contribution in [0.25, 0.3) is 0 Å². The number of nitrogens with one attached hydrogen (secondary N) is 2. The van der Waals surface area contributed by atoms with Gasteiger partial charge in [-0.05, 0) is 55.5 Å². The van der Waals surface area contributed by atoms with E-state index in [1.807, 2.05) is 38.1 Å². The predicted octanol–water partition coefficient (Wildman–Crippen LogP) is 4.92. The molecule has 2 atom stereocenters. The molecule has 2 N–H and O–H groups in total. The summed E-state index contributed by atoms with van der Waals surface area (Å²) >= 11 is 0. The van der Waals surface area contributed by atoms with Gasteiger partial charge in [0.2, 0.25) is 0 Å². The van der Waals surface area contributed by atoms with Crippen LogP contribution in [0.3, 0.4) is 0 Å². The van der Waals surface area contributed by atoms with Gasteiger partial charge >= 0.3 is 0 Å². The number of carbonyl (C=O) groups excluding carboxylic acids is 2. The first-order valence-corrected chi connectivity index (χ1v) is 10.1. The van der Waals surface area contributed by atoms with E-state index >= 15 is 0 Å². The minimum atomic E-state index is -0.707. The quantitative estimate of drug-likeness (QED) is 0.698. The van der Waals surface area contributed by atoms with Gasteiger partial charge in [-0.25, -0.2) is 0 Å². The smallest absolute Gasteiger partial charge is 0.265 e. The molecule has 2 amide bonds. The number of anilines is 1. The SMILES string of the molecule is CC[C@@H](C)NC(=O)c1ccccc1NC(=O)[C@H](C)Oc1ccc(C(C)(C)C)cc1. The second-order valence-electron chi connectivity index (χ2n) is 8.35. The molecule has 0 aromatic heterocycles. The molecule has 0 fully saturated rings.